The van der Waals surface area contributed by atoms with Crippen LogP contribution in [0, 0.1) is 0 Å². The molecule has 0 fully saturated rings. The summed E-state index contributed by atoms with van der Waals surface area (Å²) >= 11 is 0. The molecule has 0 spiro atoms. The molecule has 1 unspecified atom stereocenters. The Morgan fingerprint density at radius 2 is 1.71 bits per heavy atom. The van der Waals surface area contributed by atoms with Crippen LogP contribution >= 0.6 is 0 Å². The Kier molecular flexibility index (Phi) is 6.43. The maximum absolute atomic E-state index is 11.3. The Balaban J connectivity index is 1.39. The number of rotatable bonds is 9. The molecule has 1 aliphatic rings. The Hall–Kier alpha value is -3.45. The van der Waals surface area contributed by atoms with Gasteiger partial charge in [-0.3, -0.25) is 9.97 Å². The minimum absolute atomic E-state index is 0.324. The van der Waals surface area contributed by atoms with Gasteiger partial charge in [-0.1, -0.05) is 12.1 Å². The molecule has 0 saturated heterocycles. The van der Waals surface area contributed by atoms with E-state index in [0.717, 1.165) is 40.5 Å². The average molecular weight is 419 g/mol. The summed E-state index contributed by atoms with van der Waals surface area (Å²) in [5.41, 5.74) is 5.08. The third-order valence-electron chi connectivity index (χ3n) is 5.22. The molecule has 0 aliphatic carbocycles. The predicted octanol–water partition coefficient (Wildman–Crippen LogP) is 3.63. The average Bonchev–Trinajstić information content (AvgIpc) is 2.79. The summed E-state index contributed by atoms with van der Waals surface area (Å²) in [7, 11) is 0. The van der Waals surface area contributed by atoms with Crippen molar-refractivity contribution in [1.29, 1.82) is 0 Å². The number of aromatic nitrogens is 2. The molecule has 0 saturated carbocycles. The van der Waals surface area contributed by atoms with E-state index in [-0.39, 0.29) is 0 Å². The molecule has 1 atom stereocenters. The number of carboxylic acids is 1. The van der Waals surface area contributed by atoms with Gasteiger partial charge in [-0.15, -0.1) is 0 Å². The number of benzene rings is 1. The topological polar surface area (TPSA) is 84.8 Å². The lowest BCUT2D eigenvalue weighted by Gasteiger charge is -2.31. The summed E-state index contributed by atoms with van der Waals surface area (Å²) < 4.78 is 11.2. The molecule has 160 valence electrons. The molecule has 2 aromatic heterocycles. The van der Waals surface area contributed by atoms with E-state index in [9.17, 15) is 9.90 Å². The van der Waals surface area contributed by atoms with Gasteiger partial charge in [0, 0.05) is 31.8 Å². The number of fused-ring (bicyclic) bond motifs is 2. The summed E-state index contributed by atoms with van der Waals surface area (Å²) in [6.07, 6.45) is 3.83. The van der Waals surface area contributed by atoms with E-state index < -0.39 is 12.1 Å². The third-order valence-corrected chi connectivity index (χ3v) is 5.22. The zero-order valence-corrected chi connectivity index (χ0v) is 17.4. The third kappa shape index (κ3) is 4.83. The van der Waals surface area contributed by atoms with Gasteiger partial charge in [0.05, 0.1) is 29.3 Å². The first-order chi connectivity index (χ1) is 15.2. The van der Waals surface area contributed by atoms with E-state index >= 15 is 0 Å². The normalized spacial score (nSPS) is 13.3. The molecule has 3 heterocycles. The molecule has 1 N–H and O–H groups in total. The highest BCUT2D eigenvalue weighted by Gasteiger charge is 2.24. The van der Waals surface area contributed by atoms with Gasteiger partial charge in [0.25, 0.3) is 0 Å². The fourth-order valence-corrected chi connectivity index (χ4v) is 3.76. The second-order valence-corrected chi connectivity index (χ2v) is 7.25. The first-order valence-electron chi connectivity index (χ1n) is 10.4. The monoisotopic (exact) mass is 419 g/mol. The second kappa shape index (κ2) is 9.57. The smallest absolute Gasteiger partial charge is 0.333 e. The molecular formula is C24H25N3O4. The van der Waals surface area contributed by atoms with E-state index in [2.05, 4.69) is 27.0 Å². The summed E-state index contributed by atoms with van der Waals surface area (Å²) in [6, 6.07) is 15.5. The van der Waals surface area contributed by atoms with Crippen molar-refractivity contribution in [1.82, 2.24) is 9.97 Å². The van der Waals surface area contributed by atoms with Crippen molar-refractivity contribution in [3.8, 4) is 5.75 Å². The van der Waals surface area contributed by atoms with Crippen molar-refractivity contribution in [2.24, 2.45) is 0 Å². The molecule has 4 rings (SSSR count). The Morgan fingerprint density at radius 1 is 1.06 bits per heavy atom. The number of carbonyl (C=O) groups is 1. The maximum Gasteiger partial charge on any atom is 0.333 e. The lowest BCUT2D eigenvalue weighted by atomic mass is 10.0. The van der Waals surface area contributed by atoms with Crippen molar-refractivity contribution in [2.45, 2.75) is 25.9 Å². The van der Waals surface area contributed by atoms with Gasteiger partial charge in [-0.25, -0.2) is 4.79 Å². The molecule has 7 nitrogen and oxygen atoms in total. The molecule has 0 amide bonds. The van der Waals surface area contributed by atoms with Crippen LogP contribution < -0.4 is 9.64 Å². The maximum atomic E-state index is 11.3. The minimum atomic E-state index is -0.951. The summed E-state index contributed by atoms with van der Waals surface area (Å²) in [5.74, 6) is -0.213. The highest BCUT2D eigenvalue weighted by atomic mass is 16.5. The zero-order valence-electron chi connectivity index (χ0n) is 17.4. The fourth-order valence-electron chi connectivity index (χ4n) is 3.76. The number of anilines is 2. The molecule has 1 aromatic carbocycles. The van der Waals surface area contributed by atoms with Crippen LogP contribution in [0.4, 0.5) is 11.4 Å². The SMILES string of the molecule is CCOC(Cc1ccc(OCCN2c3cccnc3Cc3ncccc32)cc1)C(=O)O. The van der Waals surface area contributed by atoms with Crippen LogP contribution in [0.3, 0.4) is 0 Å². The number of hydrogen-bond acceptors (Lipinski definition) is 6. The zero-order chi connectivity index (χ0) is 21.6. The van der Waals surface area contributed by atoms with Gasteiger partial charge in [-0.05, 0) is 48.9 Å². The largest absolute Gasteiger partial charge is 0.492 e. The predicted molar refractivity (Wildman–Crippen MR) is 117 cm³/mol. The van der Waals surface area contributed by atoms with E-state index in [0.29, 0.717) is 26.2 Å². The van der Waals surface area contributed by atoms with Crippen molar-refractivity contribution in [2.75, 3.05) is 24.7 Å². The van der Waals surface area contributed by atoms with Crippen LogP contribution in [-0.2, 0) is 22.4 Å². The molecular weight excluding hydrogens is 394 g/mol. The first kappa shape index (κ1) is 20.8. The number of aliphatic carboxylic acids is 1. The lowest BCUT2D eigenvalue weighted by Crippen LogP contribution is -2.29. The second-order valence-electron chi connectivity index (χ2n) is 7.25. The van der Waals surface area contributed by atoms with Crippen LogP contribution in [0.1, 0.15) is 23.9 Å². The van der Waals surface area contributed by atoms with Crippen LogP contribution in [0.5, 0.6) is 5.75 Å². The van der Waals surface area contributed by atoms with E-state index in [1.807, 2.05) is 48.8 Å². The number of pyridine rings is 2. The van der Waals surface area contributed by atoms with E-state index in [1.165, 1.54) is 0 Å². The lowest BCUT2D eigenvalue weighted by molar-refractivity contribution is -0.149. The summed E-state index contributed by atoms with van der Waals surface area (Å²) in [4.78, 5) is 22.5. The molecule has 0 bridgehead atoms. The molecule has 0 radical (unpaired) electrons. The van der Waals surface area contributed by atoms with Gasteiger partial charge < -0.3 is 19.5 Å². The highest BCUT2D eigenvalue weighted by Crippen LogP contribution is 2.35. The van der Waals surface area contributed by atoms with Gasteiger partial charge in [0.2, 0.25) is 0 Å². The highest BCUT2D eigenvalue weighted by molar-refractivity contribution is 5.73. The number of nitrogens with zero attached hydrogens (tertiary/aromatic N) is 3. The van der Waals surface area contributed by atoms with Gasteiger partial charge in [0.1, 0.15) is 12.4 Å². The molecule has 31 heavy (non-hydrogen) atoms. The Bertz CT molecular complexity index is 994. The quantitative estimate of drug-likeness (QED) is 0.567. The standard InChI is InChI=1S/C24H25N3O4/c1-2-30-23(24(28)29)15-17-7-9-18(10-8-17)31-14-13-27-21-5-3-11-25-19(21)16-20-22(27)6-4-12-26-20/h3-12,23H,2,13-16H2,1H3,(H,28,29). The molecule has 3 aromatic rings. The summed E-state index contributed by atoms with van der Waals surface area (Å²) in [5, 5.41) is 9.24. The van der Waals surface area contributed by atoms with Crippen LogP contribution in [0.25, 0.3) is 0 Å². The van der Waals surface area contributed by atoms with E-state index in [4.69, 9.17) is 9.47 Å². The van der Waals surface area contributed by atoms with E-state index in [1.54, 1.807) is 6.92 Å². The van der Waals surface area contributed by atoms with Gasteiger partial charge in [0.15, 0.2) is 6.10 Å². The van der Waals surface area contributed by atoms with Crippen molar-refractivity contribution in [3.05, 3.63) is 77.9 Å². The number of carboxylic acid groups (broad SMARTS) is 1. The summed E-state index contributed by atoms with van der Waals surface area (Å²) in [6.45, 7) is 3.30. The number of hydrogen-bond donors (Lipinski definition) is 1. The van der Waals surface area contributed by atoms with Crippen molar-refractivity contribution in [3.63, 3.8) is 0 Å². The van der Waals surface area contributed by atoms with Gasteiger partial charge >= 0.3 is 5.97 Å². The van der Waals surface area contributed by atoms with Crippen molar-refractivity contribution < 1.29 is 19.4 Å². The fraction of sp³-hybridized carbons (Fsp3) is 0.292. The Morgan fingerprint density at radius 3 is 2.29 bits per heavy atom. The minimum Gasteiger partial charge on any atom is -0.492 e. The van der Waals surface area contributed by atoms with Crippen LogP contribution in [-0.4, -0.2) is 46.9 Å². The van der Waals surface area contributed by atoms with Gasteiger partial charge in [-0.2, -0.15) is 0 Å². The van der Waals surface area contributed by atoms with Crippen LogP contribution in [0.2, 0.25) is 0 Å². The molecule has 7 heteroatoms. The van der Waals surface area contributed by atoms with Crippen molar-refractivity contribution >= 4 is 17.3 Å². The number of ether oxygens (including phenoxy) is 2. The first-order valence-corrected chi connectivity index (χ1v) is 10.4. The van der Waals surface area contributed by atoms with Crippen LogP contribution in [0.15, 0.2) is 60.9 Å². The Labute approximate surface area is 181 Å². The molecule has 1 aliphatic heterocycles.